The summed E-state index contributed by atoms with van der Waals surface area (Å²) in [5.74, 6) is 2.40. The van der Waals surface area contributed by atoms with Gasteiger partial charge in [0.25, 0.3) is 5.91 Å². The van der Waals surface area contributed by atoms with Crippen LogP contribution in [0.15, 0.2) is 48.5 Å². The summed E-state index contributed by atoms with van der Waals surface area (Å²) in [6.07, 6.45) is 5.48. The highest BCUT2D eigenvalue weighted by Gasteiger charge is 2.21. The van der Waals surface area contributed by atoms with Crippen LogP contribution in [0.5, 0.6) is 0 Å². The van der Waals surface area contributed by atoms with Crippen LogP contribution >= 0.6 is 39.7 Å². The van der Waals surface area contributed by atoms with E-state index >= 15 is 0 Å². The summed E-state index contributed by atoms with van der Waals surface area (Å²) >= 11 is 7.90. The molecule has 1 aliphatic rings. The zero-order valence-electron chi connectivity index (χ0n) is 19.9. The lowest BCUT2D eigenvalue weighted by Crippen LogP contribution is -2.32. The third-order valence-electron chi connectivity index (χ3n) is 6.61. The van der Waals surface area contributed by atoms with Crippen LogP contribution in [0.4, 0.5) is 0 Å². The Hall–Kier alpha value is -1.81. The Morgan fingerprint density at radius 3 is 3.00 bits per heavy atom. The van der Waals surface area contributed by atoms with Crippen molar-refractivity contribution in [1.82, 2.24) is 14.5 Å². The molecular weight excluding hydrogens is 514 g/mol. The highest BCUT2D eigenvalue weighted by molar-refractivity contribution is 7.50. The summed E-state index contributed by atoms with van der Waals surface area (Å²) in [5, 5.41) is 3.94. The Labute approximate surface area is 218 Å². The van der Waals surface area contributed by atoms with E-state index in [1.165, 1.54) is 41.6 Å². The Balaban J connectivity index is 1.45. The van der Waals surface area contributed by atoms with E-state index in [1.807, 2.05) is 18.5 Å². The second kappa shape index (κ2) is 10.7. The monoisotopic (exact) mass is 542 g/mol. The van der Waals surface area contributed by atoms with Gasteiger partial charge in [-0.1, -0.05) is 47.4 Å². The van der Waals surface area contributed by atoms with Gasteiger partial charge in [-0.05, 0) is 79.7 Å². The van der Waals surface area contributed by atoms with Crippen molar-refractivity contribution in [3.63, 3.8) is 0 Å². The molecule has 5 nitrogen and oxygen atoms in total. The molecule has 1 aromatic carbocycles. The van der Waals surface area contributed by atoms with E-state index < -0.39 is 0 Å². The van der Waals surface area contributed by atoms with E-state index in [0.29, 0.717) is 19.4 Å². The predicted molar refractivity (Wildman–Crippen MR) is 152 cm³/mol. The summed E-state index contributed by atoms with van der Waals surface area (Å²) in [4.78, 5) is 20.0. The molecule has 5 rings (SSSR count). The zero-order valence-corrected chi connectivity index (χ0v) is 23.3. The van der Waals surface area contributed by atoms with E-state index in [9.17, 15) is 4.79 Å². The molecule has 0 saturated carbocycles. The number of likely N-dealkylation sites (tertiary alicyclic amines) is 1. The number of nitrogens with zero attached hydrogens (tertiary/aromatic N) is 3. The van der Waals surface area contributed by atoms with Crippen LogP contribution in [0.3, 0.4) is 0 Å². The number of piperidine rings is 1. The van der Waals surface area contributed by atoms with Gasteiger partial charge in [-0.2, -0.15) is 0 Å². The topological polar surface area (TPSA) is 64.2 Å². The molecule has 2 N–H and O–H groups in total. The number of hydrogen-bond acceptors (Lipinski definition) is 4. The van der Waals surface area contributed by atoms with E-state index in [-0.39, 0.29) is 11.6 Å². The SMILES string of the molecule is CC(Pc1cc(-n2cnc3ccc(CC4CCCN(C)C4)cc32)sc1C(N)=O)c1pcccc1Cl. The van der Waals surface area contributed by atoms with Gasteiger partial charge in [0.2, 0.25) is 0 Å². The fourth-order valence-corrected chi connectivity index (χ4v) is 9.15. The summed E-state index contributed by atoms with van der Waals surface area (Å²) in [6, 6.07) is 12.6. The van der Waals surface area contributed by atoms with Crippen LogP contribution in [0.25, 0.3) is 16.0 Å². The number of imidazole rings is 1. The molecule has 3 aromatic heterocycles. The van der Waals surface area contributed by atoms with Gasteiger partial charge in [-0.15, -0.1) is 11.3 Å². The Morgan fingerprint density at radius 1 is 1.37 bits per heavy atom. The summed E-state index contributed by atoms with van der Waals surface area (Å²) in [5.41, 5.74) is 9.40. The second-order valence-electron chi connectivity index (χ2n) is 9.34. The number of fused-ring (bicyclic) bond motifs is 1. The first-order valence-corrected chi connectivity index (χ1v) is 15.1. The van der Waals surface area contributed by atoms with Gasteiger partial charge in [-0.3, -0.25) is 9.36 Å². The molecule has 4 heterocycles. The molecule has 9 heteroatoms. The Bertz CT molecular complexity index is 1370. The van der Waals surface area contributed by atoms with Crippen LogP contribution < -0.4 is 11.0 Å². The van der Waals surface area contributed by atoms with E-state index in [0.717, 1.165) is 47.5 Å². The van der Waals surface area contributed by atoms with Gasteiger partial charge in [-0.25, -0.2) is 4.98 Å². The maximum Gasteiger partial charge on any atom is 0.259 e. The summed E-state index contributed by atoms with van der Waals surface area (Å²) < 4.78 is 2.10. The molecule has 0 spiro atoms. The number of benzene rings is 1. The third kappa shape index (κ3) is 5.48. The van der Waals surface area contributed by atoms with Gasteiger partial charge < -0.3 is 10.6 Å². The number of thiophene rings is 1. The lowest BCUT2D eigenvalue weighted by atomic mass is 9.91. The number of primary amides is 1. The molecule has 182 valence electrons. The fourth-order valence-electron chi connectivity index (χ4n) is 4.93. The van der Waals surface area contributed by atoms with Gasteiger partial charge in [0.15, 0.2) is 0 Å². The molecule has 1 aliphatic heterocycles. The van der Waals surface area contributed by atoms with Crippen molar-refractivity contribution >= 4 is 62.0 Å². The number of nitrogens with two attached hydrogens (primary N) is 1. The van der Waals surface area contributed by atoms with Crippen molar-refractivity contribution in [1.29, 1.82) is 0 Å². The lowest BCUT2D eigenvalue weighted by molar-refractivity contribution is 0.100. The molecule has 3 atom stereocenters. The molecule has 0 aliphatic carbocycles. The van der Waals surface area contributed by atoms with Crippen molar-refractivity contribution in [2.75, 3.05) is 20.1 Å². The van der Waals surface area contributed by atoms with Gasteiger partial charge in [0.05, 0.1) is 11.0 Å². The van der Waals surface area contributed by atoms with Crippen molar-refractivity contribution < 1.29 is 4.79 Å². The summed E-state index contributed by atoms with van der Waals surface area (Å²) in [6.45, 7) is 4.52. The van der Waals surface area contributed by atoms with Gasteiger partial charge in [0, 0.05) is 22.5 Å². The minimum atomic E-state index is -0.379. The number of aromatic nitrogens is 2. The quantitative estimate of drug-likeness (QED) is 0.276. The lowest BCUT2D eigenvalue weighted by Gasteiger charge is -2.29. The molecule has 4 aromatic rings. The van der Waals surface area contributed by atoms with Crippen LogP contribution in [-0.4, -0.2) is 40.5 Å². The van der Waals surface area contributed by atoms with Crippen LogP contribution in [0.1, 0.15) is 46.0 Å². The van der Waals surface area contributed by atoms with E-state index in [2.05, 4.69) is 58.5 Å². The largest absolute Gasteiger partial charge is 0.365 e. The first-order chi connectivity index (χ1) is 16.9. The second-order valence-corrected chi connectivity index (χ2v) is 13.5. The van der Waals surface area contributed by atoms with Crippen LogP contribution in [-0.2, 0) is 6.42 Å². The standard InChI is InChI=1S/C26H29ClN4OP2S/c1-16(24-19(27)6-4-10-33-24)34-22-13-23(35-25(22)26(28)32)31-15-29-20-8-7-17(12-21(20)31)11-18-5-3-9-30(2)14-18/h4,6-8,10,12-13,15-16,18,34H,3,5,9,11,14H2,1-2H3,(H2,28,32). The number of rotatable bonds is 7. The highest BCUT2D eigenvalue weighted by Crippen LogP contribution is 2.43. The molecule has 1 saturated heterocycles. The molecule has 0 bridgehead atoms. The minimum Gasteiger partial charge on any atom is -0.365 e. The van der Waals surface area contributed by atoms with Crippen molar-refractivity contribution in [3.05, 3.63) is 69.3 Å². The van der Waals surface area contributed by atoms with Crippen LogP contribution in [0, 0.1) is 5.92 Å². The van der Waals surface area contributed by atoms with E-state index in [1.54, 1.807) is 0 Å². The predicted octanol–water partition coefficient (Wildman–Crippen LogP) is 6.37. The number of amides is 1. The molecular formula is C26H29ClN4OP2S. The highest BCUT2D eigenvalue weighted by atomic mass is 35.5. The van der Waals surface area contributed by atoms with Crippen molar-refractivity contribution in [3.8, 4) is 5.00 Å². The molecule has 1 amide bonds. The Morgan fingerprint density at radius 2 is 2.23 bits per heavy atom. The minimum absolute atomic E-state index is 0.227. The average Bonchev–Trinajstić information content (AvgIpc) is 3.43. The normalized spacial score (nSPS) is 18.2. The Kier molecular flexibility index (Phi) is 7.58. The maximum absolute atomic E-state index is 12.3. The zero-order chi connectivity index (χ0) is 24.5. The van der Waals surface area contributed by atoms with Crippen molar-refractivity contribution in [2.45, 2.75) is 31.8 Å². The van der Waals surface area contributed by atoms with Gasteiger partial charge >= 0.3 is 0 Å². The first kappa shape index (κ1) is 24.9. The summed E-state index contributed by atoms with van der Waals surface area (Å²) in [7, 11) is 3.73. The van der Waals surface area contributed by atoms with Crippen molar-refractivity contribution in [2.24, 2.45) is 11.7 Å². The average molecular weight is 543 g/mol. The van der Waals surface area contributed by atoms with E-state index in [4.69, 9.17) is 17.3 Å². The molecule has 35 heavy (non-hydrogen) atoms. The number of hydrogen-bond donors (Lipinski definition) is 1. The number of carbonyl (C=O) groups is 1. The maximum atomic E-state index is 12.3. The fraction of sp³-hybridized carbons (Fsp3) is 0.346. The smallest absolute Gasteiger partial charge is 0.259 e. The molecule has 1 fully saturated rings. The molecule has 3 unspecified atom stereocenters. The number of halogens is 1. The molecule has 0 radical (unpaired) electrons. The van der Waals surface area contributed by atoms with Crippen LogP contribution in [0.2, 0.25) is 5.02 Å². The van der Waals surface area contributed by atoms with Gasteiger partial charge in [0.1, 0.15) is 16.2 Å². The first-order valence-electron chi connectivity index (χ1n) is 11.8. The third-order valence-corrected chi connectivity index (χ3v) is 11.3. The number of carbonyl (C=O) groups excluding carboxylic acids is 1.